The molecular formula is C27H32F3N7O3. The van der Waals surface area contributed by atoms with Gasteiger partial charge in [0.15, 0.2) is 17.3 Å². The minimum absolute atomic E-state index is 0.0126. The SMILES string of the molecule is O=C(C1CCC(Nc2ncc3nc(Nc4c(F)cc(F)cc4F)n([C@H]4CCOC4)c3n2)CC1)N1CCC(O)CC1. The summed E-state index contributed by atoms with van der Waals surface area (Å²) in [5.74, 6) is -2.42. The van der Waals surface area contributed by atoms with Crippen molar-refractivity contribution in [3.63, 3.8) is 0 Å². The molecule has 40 heavy (non-hydrogen) atoms. The van der Waals surface area contributed by atoms with Crippen LogP contribution < -0.4 is 10.6 Å². The molecule has 0 bridgehead atoms. The highest BCUT2D eigenvalue weighted by Crippen LogP contribution is 2.33. The molecule has 3 aromatic rings. The van der Waals surface area contributed by atoms with Gasteiger partial charge in [-0.05, 0) is 44.9 Å². The summed E-state index contributed by atoms with van der Waals surface area (Å²) in [5.41, 5.74) is 0.411. The molecule has 2 aliphatic heterocycles. The van der Waals surface area contributed by atoms with Crippen LogP contribution in [0.1, 0.15) is 51.0 Å². The standard InChI is InChI=1S/C27H32F3N7O3/c28-16-11-20(29)23(21(30)12-16)34-27-33-22-13-31-26(35-24(22)37(27)18-7-10-40-14-18)32-17-3-1-15(2-4-17)25(39)36-8-5-19(38)6-9-36/h11-13,15,17-19,38H,1-10,14H2,(H,33,34)(H,31,32,35)/t15?,17?,18-/m0/s1. The lowest BCUT2D eigenvalue weighted by molar-refractivity contribution is -0.138. The molecule has 0 radical (unpaired) electrons. The third-order valence-corrected chi connectivity index (χ3v) is 8.13. The number of carbonyl (C=O) groups is 1. The predicted octanol–water partition coefficient (Wildman–Crippen LogP) is 3.90. The number of imidazole rings is 1. The molecule has 214 valence electrons. The molecule has 2 aromatic heterocycles. The highest BCUT2D eigenvalue weighted by Gasteiger charge is 2.32. The Bertz CT molecular complexity index is 1360. The van der Waals surface area contributed by atoms with Crippen LogP contribution in [0, 0.1) is 23.4 Å². The number of aliphatic hydroxyl groups excluding tert-OH is 1. The third kappa shape index (κ3) is 5.44. The van der Waals surface area contributed by atoms with Crippen LogP contribution in [0.5, 0.6) is 0 Å². The summed E-state index contributed by atoms with van der Waals surface area (Å²) in [6.45, 7) is 2.14. The maximum Gasteiger partial charge on any atom is 0.225 e. The van der Waals surface area contributed by atoms with Crippen LogP contribution in [0.4, 0.5) is 30.8 Å². The molecule has 4 heterocycles. The summed E-state index contributed by atoms with van der Waals surface area (Å²) in [4.78, 5) is 28.4. The average Bonchev–Trinajstić information content (AvgIpc) is 3.58. The third-order valence-electron chi connectivity index (χ3n) is 8.13. The number of rotatable bonds is 6. The maximum absolute atomic E-state index is 14.4. The Morgan fingerprint density at radius 3 is 2.40 bits per heavy atom. The van der Waals surface area contributed by atoms with Crippen LogP contribution in [0.2, 0.25) is 0 Å². The van der Waals surface area contributed by atoms with Gasteiger partial charge in [0.2, 0.25) is 17.8 Å². The summed E-state index contributed by atoms with van der Waals surface area (Å²) in [6.07, 6.45) is 6.29. The summed E-state index contributed by atoms with van der Waals surface area (Å²) in [5, 5.41) is 15.8. The van der Waals surface area contributed by atoms with Gasteiger partial charge in [-0.2, -0.15) is 4.98 Å². The van der Waals surface area contributed by atoms with E-state index in [4.69, 9.17) is 9.72 Å². The molecule has 3 aliphatic rings. The molecular weight excluding hydrogens is 527 g/mol. The number of hydrogen-bond donors (Lipinski definition) is 3. The molecule has 1 amide bonds. The number of ether oxygens (including phenoxy) is 1. The van der Waals surface area contributed by atoms with E-state index in [1.807, 2.05) is 4.90 Å². The molecule has 10 nitrogen and oxygen atoms in total. The molecule has 1 atom stereocenters. The van der Waals surface area contributed by atoms with Gasteiger partial charge >= 0.3 is 0 Å². The molecule has 1 aromatic carbocycles. The van der Waals surface area contributed by atoms with Crippen LogP contribution >= 0.6 is 0 Å². The van der Waals surface area contributed by atoms with Gasteiger partial charge in [-0.25, -0.2) is 23.1 Å². The lowest BCUT2D eigenvalue weighted by Crippen LogP contribution is -2.44. The van der Waals surface area contributed by atoms with Crippen LogP contribution in [0.25, 0.3) is 11.2 Å². The van der Waals surface area contributed by atoms with Crippen molar-refractivity contribution >= 4 is 34.7 Å². The normalized spacial score (nSPS) is 24.0. The van der Waals surface area contributed by atoms with Gasteiger partial charge in [0.05, 0.1) is 24.9 Å². The topological polar surface area (TPSA) is 117 Å². The molecule has 6 rings (SSSR count). The van der Waals surface area contributed by atoms with Gasteiger partial charge in [0.1, 0.15) is 17.0 Å². The minimum Gasteiger partial charge on any atom is -0.393 e. The Hall–Kier alpha value is -3.45. The number of nitrogens with zero attached hydrogens (tertiary/aromatic N) is 5. The first-order chi connectivity index (χ1) is 19.4. The van der Waals surface area contributed by atoms with Crippen LogP contribution in [-0.2, 0) is 9.53 Å². The van der Waals surface area contributed by atoms with Gasteiger partial charge in [0, 0.05) is 43.8 Å². The largest absolute Gasteiger partial charge is 0.393 e. The first-order valence-corrected chi connectivity index (χ1v) is 13.8. The Balaban J connectivity index is 1.18. The quantitative estimate of drug-likeness (QED) is 0.416. The highest BCUT2D eigenvalue weighted by molar-refractivity contribution is 5.79. The van der Waals surface area contributed by atoms with Crippen LogP contribution in [-0.4, -0.2) is 73.9 Å². The first kappa shape index (κ1) is 26.8. The van der Waals surface area contributed by atoms with Crippen molar-refractivity contribution in [3.05, 3.63) is 35.8 Å². The monoisotopic (exact) mass is 559 g/mol. The van der Waals surface area contributed by atoms with Gasteiger partial charge in [-0.1, -0.05) is 0 Å². The summed E-state index contributed by atoms with van der Waals surface area (Å²) < 4.78 is 49.6. The van der Waals surface area contributed by atoms with Crippen LogP contribution in [0.15, 0.2) is 18.3 Å². The second-order valence-electron chi connectivity index (χ2n) is 10.8. The van der Waals surface area contributed by atoms with E-state index in [1.54, 1.807) is 10.8 Å². The summed E-state index contributed by atoms with van der Waals surface area (Å²) in [6, 6.07) is 1.14. The van der Waals surface area contributed by atoms with E-state index in [0.29, 0.717) is 74.8 Å². The number of piperidine rings is 1. The summed E-state index contributed by atoms with van der Waals surface area (Å²) >= 11 is 0. The number of nitrogens with one attached hydrogen (secondary N) is 2. The van der Waals surface area contributed by atoms with Gasteiger partial charge < -0.3 is 25.4 Å². The molecule has 0 unspecified atom stereocenters. The zero-order chi connectivity index (χ0) is 27.8. The van der Waals surface area contributed by atoms with E-state index >= 15 is 0 Å². The number of fused-ring (bicyclic) bond motifs is 1. The van der Waals surface area contributed by atoms with Gasteiger partial charge in [0.25, 0.3) is 0 Å². The molecule has 3 fully saturated rings. The average molecular weight is 560 g/mol. The highest BCUT2D eigenvalue weighted by atomic mass is 19.1. The van der Waals surface area contributed by atoms with Gasteiger partial charge in [-0.3, -0.25) is 9.36 Å². The number of amides is 1. The molecule has 0 spiro atoms. The van der Waals surface area contributed by atoms with Crippen molar-refractivity contribution in [2.24, 2.45) is 5.92 Å². The van der Waals surface area contributed by atoms with Crippen molar-refractivity contribution in [3.8, 4) is 0 Å². The Labute approximate surface area is 228 Å². The van der Waals surface area contributed by atoms with Gasteiger partial charge in [-0.15, -0.1) is 0 Å². The lowest BCUT2D eigenvalue weighted by Gasteiger charge is -2.35. The van der Waals surface area contributed by atoms with Crippen molar-refractivity contribution in [1.29, 1.82) is 0 Å². The predicted molar refractivity (Wildman–Crippen MR) is 141 cm³/mol. The Morgan fingerprint density at radius 1 is 1.00 bits per heavy atom. The Morgan fingerprint density at radius 2 is 1.73 bits per heavy atom. The molecule has 13 heteroatoms. The fourth-order valence-corrected chi connectivity index (χ4v) is 5.91. The number of anilines is 3. The second kappa shape index (κ2) is 11.2. The summed E-state index contributed by atoms with van der Waals surface area (Å²) in [7, 11) is 0. The molecule has 2 saturated heterocycles. The molecule has 1 aliphatic carbocycles. The number of aromatic nitrogens is 4. The van der Waals surface area contributed by atoms with Crippen LogP contribution in [0.3, 0.4) is 0 Å². The number of aliphatic hydroxyl groups is 1. The van der Waals surface area contributed by atoms with E-state index in [0.717, 1.165) is 25.7 Å². The number of likely N-dealkylation sites (tertiary alicyclic amines) is 1. The molecule has 1 saturated carbocycles. The lowest BCUT2D eigenvalue weighted by atomic mass is 9.85. The first-order valence-electron chi connectivity index (χ1n) is 13.8. The van der Waals surface area contributed by atoms with E-state index < -0.39 is 23.1 Å². The number of halogens is 3. The number of carbonyl (C=O) groups excluding carboxylic acids is 1. The molecule has 3 N–H and O–H groups in total. The maximum atomic E-state index is 14.4. The van der Waals surface area contributed by atoms with Crippen molar-refractivity contribution in [1.82, 2.24) is 24.4 Å². The fourth-order valence-electron chi connectivity index (χ4n) is 5.91. The Kier molecular flexibility index (Phi) is 7.49. The fraction of sp³-hybridized carbons (Fsp3) is 0.556. The zero-order valence-electron chi connectivity index (χ0n) is 22.0. The van der Waals surface area contributed by atoms with E-state index in [-0.39, 0.29) is 36.0 Å². The van der Waals surface area contributed by atoms with E-state index in [1.165, 1.54) is 0 Å². The number of benzene rings is 1. The van der Waals surface area contributed by atoms with Crippen molar-refractivity contribution in [2.45, 2.75) is 63.1 Å². The smallest absolute Gasteiger partial charge is 0.225 e. The van der Waals surface area contributed by atoms with E-state index in [2.05, 4.69) is 20.6 Å². The van der Waals surface area contributed by atoms with Crippen molar-refractivity contribution in [2.75, 3.05) is 36.9 Å². The second-order valence-corrected chi connectivity index (χ2v) is 10.8. The minimum atomic E-state index is -1.07. The zero-order valence-corrected chi connectivity index (χ0v) is 22.0. The van der Waals surface area contributed by atoms with Crippen molar-refractivity contribution < 1.29 is 27.8 Å². The number of hydrogen-bond acceptors (Lipinski definition) is 8. The van der Waals surface area contributed by atoms with E-state index in [9.17, 15) is 23.1 Å².